The van der Waals surface area contributed by atoms with Crippen LogP contribution in [0.1, 0.15) is 16.7 Å². The Morgan fingerprint density at radius 2 is 2.07 bits per heavy atom. The molecule has 7 heteroatoms. The number of para-hydroxylation sites is 1. The Labute approximate surface area is 167 Å². The monoisotopic (exact) mass is 399 g/mol. The number of hydrogen-bond donors (Lipinski definition) is 0. The minimum atomic E-state index is -0.274. The van der Waals surface area contributed by atoms with Crippen LogP contribution < -0.4 is 0 Å². The van der Waals surface area contributed by atoms with Crippen molar-refractivity contribution in [1.29, 1.82) is 0 Å². The number of likely N-dealkylation sites (N-methyl/N-ethyl adjacent to an activating group) is 1. The van der Waals surface area contributed by atoms with Crippen molar-refractivity contribution < 1.29 is 13.9 Å². The van der Waals surface area contributed by atoms with Crippen LogP contribution in [0.15, 0.2) is 48.5 Å². The molecule has 28 heavy (non-hydrogen) atoms. The van der Waals surface area contributed by atoms with Crippen LogP contribution in [-0.2, 0) is 16.1 Å². The lowest BCUT2D eigenvalue weighted by atomic mass is 10.1. The average molecular weight is 399 g/mol. The number of fused-ring (bicyclic) bond motifs is 1. The lowest BCUT2D eigenvalue weighted by Gasteiger charge is -2.34. The zero-order valence-corrected chi connectivity index (χ0v) is 16.5. The van der Waals surface area contributed by atoms with Crippen molar-refractivity contribution in [3.05, 3.63) is 64.9 Å². The van der Waals surface area contributed by atoms with Gasteiger partial charge in [0.15, 0.2) is 0 Å². The third kappa shape index (κ3) is 4.38. The number of thiazole rings is 1. The first-order valence-electron chi connectivity index (χ1n) is 9.26. The Morgan fingerprint density at radius 1 is 1.29 bits per heavy atom. The predicted octanol–water partition coefficient (Wildman–Crippen LogP) is 3.47. The molecule has 4 rings (SSSR count). The lowest BCUT2D eigenvalue weighted by molar-refractivity contribution is -0.140. The molecule has 1 atom stereocenters. The van der Waals surface area contributed by atoms with Gasteiger partial charge in [-0.25, -0.2) is 9.37 Å². The molecular weight excluding hydrogens is 377 g/mol. The first-order valence-corrected chi connectivity index (χ1v) is 10.1. The van der Waals surface area contributed by atoms with E-state index in [0.717, 1.165) is 20.8 Å². The van der Waals surface area contributed by atoms with Crippen molar-refractivity contribution >= 4 is 27.5 Å². The van der Waals surface area contributed by atoms with Crippen LogP contribution in [0.3, 0.4) is 0 Å². The molecule has 2 aromatic carbocycles. The van der Waals surface area contributed by atoms with E-state index < -0.39 is 0 Å². The fraction of sp³-hybridized carbons (Fsp3) is 0.333. The van der Waals surface area contributed by atoms with Crippen molar-refractivity contribution in [1.82, 2.24) is 14.8 Å². The van der Waals surface area contributed by atoms with E-state index in [2.05, 4.69) is 11.1 Å². The van der Waals surface area contributed by atoms with Gasteiger partial charge in [-0.2, -0.15) is 0 Å². The van der Waals surface area contributed by atoms with Gasteiger partial charge in [-0.3, -0.25) is 9.69 Å². The molecule has 1 amide bonds. The van der Waals surface area contributed by atoms with Gasteiger partial charge in [0, 0.05) is 6.54 Å². The highest BCUT2D eigenvalue weighted by atomic mass is 32.1. The van der Waals surface area contributed by atoms with Gasteiger partial charge < -0.3 is 9.64 Å². The number of aromatic nitrogens is 1. The van der Waals surface area contributed by atoms with E-state index in [4.69, 9.17) is 4.74 Å². The Hall–Kier alpha value is -2.35. The number of amides is 1. The molecule has 1 aliphatic heterocycles. The SMILES string of the molecule is CN(CC(=O)N1CCOC(c2ccc(F)cc2)C1)Cc1nc2ccccc2s1. The van der Waals surface area contributed by atoms with Gasteiger partial charge in [-0.15, -0.1) is 11.3 Å². The number of nitrogens with zero attached hydrogens (tertiary/aromatic N) is 3. The van der Waals surface area contributed by atoms with Crippen LogP contribution in [0, 0.1) is 5.82 Å². The molecule has 1 fully saturated rings. The fourth-order valence-electron chi connectivity index (χ4n) is 3.36. The van der Waals surface area contributed by atoms with E-state index in [1.807, 2.05) is 35.0 Å². The molecule has 0 aliphatic carbocycles. The number of benzene rings is 2. The van der Waals surface area contributed by atoms with Crippen LogP contribution >= 0.6 is 11.3 Å². The van der Waals surface area contributed by atoms with E-state index in [0.29, 0.717) is 32.8 Å². The summed E-state index contributed by atoms with van der Waals surface area (Å²) < 4.78 is 20.1. The maximum absolute atomic E-state index is 13.1. The maximum atomic E-state index is 13.1. The third-order valence-electron chi connectivity index (χ3n) is 4.81. The van der Waals surface area contributed by atoms with Crippen LogP contribution in [0.25, 0.3) is 10.2 Å². The van der Waals surface area contributed by atoms with Crippen molar-refractivity contribution in [3.8, 4) is 0 Å². The Balaban J connectivity index is 1.35. The van der Waals surface area contributed by atoms with E-state index >= 15 is 0 Å². The topological polar surface area (TPSA) is 45.7 Å². The summed E-state index contributed by atoms with van der Waals surface area (Å²) in [6.45, 7) is 2.50. The maximum Gasteiger partial charge on any atom is 0.236 e. The molecule has 1 aliphatic rings. The molecule has 3 aromatic rings. The van der Waals surface area contributed by atoms with Crippen LogP contribution in [-0.4, -0.2) is 54.0 Å². The molecule has 0 spiro atoms. The van der Waals surface area contributed by atoms with Crippen molar-refractivity contribution in [2.75, 3.05) is 33.3 Å². The first-order chi connectivity index (χ1) is 13.6. The first kappa shape index (κ1) is 19.0. The zero-order chi connectivity index (χ0) is 19.5. The number of carbonyl (C=O) groups is 1. The summed E-state index contributed by atoms with van der Waals surface area (Å²) >= 11 is 1.66. The molecule has 5 nitrogen and oxygen atoms in total. The molecule has 1 aromatic heterocycles. The summed E-state index contributed by atoms with van der Waals surface area (Å²) in [4.78, 5) is 21.2. The number of hydrogen-bond acceptors (Lipinski definition) is 5. The number of carbonyl (C=O) groups excluding carboxylic acids is 1. The molecule has 0 bridgehead atoms. The minimum Gasteiger partial charge on any atom is -0.370 e. The third-order valence-corrected chi connectivity index (χ3v) is 5.83. The van der Waals surface area contributed by atoms with E-state index in [1.54, 1.807) is 23.5 Å². The fourth-order valence-corrected chi connectivity index (χ4v) is 4.41. The Bertz CT molecular complexity index is 927. The summed E-state index contributed by atoms with van der Waals surface area (Å²) in [5.74, 6) is -0.206. The van der Waals surface area contributed by atoms with Gasteiger partial charge >= 0.3 is 0 Å². The van der Waals surface area contributed by atoms with E-state index in [-0.39, 0.29) is 17.8 Å². The summed E-state index contributed by atoms with van der Waals surface area (Å²) in [6, 6.07) is 14.3. The second-order valence-corrected chi connectivity index (χ2v) is 8.11. The van der Waals surface area contributed by atoms with Crippen LogP contribution in [0.4, 0.5) is 4.39 Å². The summed E-state index contributed by atoms with van der Waals surface area (Å²) in [5.41, 5.74) is 1.89. The Kier molecular flexibility index (Phi) is 5.66. The van der Waals surface area contributed by atoms with E-state index in [1.165, 1.54) is 12.1 Å². The smallest absolute Gasteiger partial charge is 0.236 e. The van der Waals surface area contributed by atoms with Gasteiger partial charge in [-0.1, -0.05) is 24.3 Å². The zero-order valence-electron chi connectivity index (χ0n) is 15.7. The summed E-state index contributed by atoms with van der Waals surface area (Å²) in [5, 5.41) is 1.00. The summed E-state index contributed by atoms with van der Waals surface area (Å²) in [6.07, 6.45) is -0.215. The second-order valence-electron chi connectivity index (χ2n) is 7.00. The number of rotatable bonds is 5. The van der Waals surface area contributed by atoms with Gasteiger partial charge in [0.05, 0.1) is 36.5 Å². The normalized spacial score (nSPS) is 17.4. The highest BCUT2D eigenvalue weighted by Gasteiger charge is 2.26. The average Bonchev–Trinajstić information content (AvgIpc) is 3.10. The van der Waals surface area contributed by atoms with Crippen molar-refractivity contribution in [2.45, 2.75) is 12.6 Å². The van der Waals surface area contributed by atoms with E-state index in [9.17, 15) is 9.18 Å². The molecule has 0 N–H and O–H groups in total. The molecule has 0 radical (unpaired) electrons. The van der Waals surface area contributed by atoms with Gasteiger partial charge in [-0.05, 0) is 36.9 Å². The molecule has 0 saturated carbocycles. The van der Waals surface area contributed by atoms with Gasteiger partial charge in [0.25, 0.3) is 0 Å². The van der Waals surface area contributed by atoms with Crippen molar-refractivity contribution in [3.63, 3.8) is 0 Å². The Morgan fingerprint density at radius 3 is 2.86 bits per heavy atom. The number of morpholine rings is 1. The van der Waals surface area contributed by atoms with Gasteiger partial charge in [0.1, 0.15) is 16.9 Å². The molecule has 1 unspecified atom stereocenters. The highest BCUT2D eigenvalue weighted by molar-refractivity contribution is 7.18. The molecule has 146 valence electrons. The van der Waals surface area contributed by atoms with Gasteiger partial charge in [0.2, 0.25) is 5.91 Å². The highest BCUT2D eigenvalue weighted by Crippen LogP contribution is 2.24. The predicted molar refractivity (Wildman–Crippen MR) is 108 cm³/mol. The largest absolute Gasteiger partial charge is 0.370 e. The van der Waals surface area contributed by atoms with Crippen LogP contribution in [0.2, 0.25) is 0 Å². The number of halogens is 1. The lowest BCUT2D eigenvalue weighted by Crippen LogP contribution is -2.46. The number of ether oxygens (including phenoxy) is 1. The molecule has 1 saturated heterocycles. The second kappa shape index (κ2) is 8.34. The standard InChI is InChI=1S/C21H22FN3O2S/c1-24(13-20-23-17-4-2-3-5-19(17)28-20)14-21(26)25-10-11-27-18(12-25)15-6-8-16(22)9-7-15/h2-9,18H,10-14H2,1H3. The summed E-state index contributed by atoms with van der Waals surface area (Å²) in [7, 11) is 1.93. The molecule has 2 heterocycles. The quantitative estimate of drug-likeness (QED) is 0.659. The van der Waals surface area contributed by atoms with Crippen molar-refractivity contribution in [2.24, 2.45) is 0 Å². The molecular formula is C21H22FN3O2S. The minimum absolute atomic E-state index is 0.0685. The van der Waals surface area contributed by atoms with Crippen LogP contribution in [0.5, 0.6) is 0 Å².